The molecular weight excluding hydrogens is 594 g/mol. The van der Waals surface area contributed by atoms with E-state index in [4.69, 9.17) is 14.5 Å². The average molecular weight is 656 g/mol. The number of hydrogen-bond acceptors (Lipinski definition) is 3. The van der Waals surface area contributed by atoms with Crippen LogP contribution in [0.15, 0.2) is 79.9 Å². The molecule has 0 fully saturated rings. The van der Waals surface area contributed by atoms with Crippen molar-refractivity contribution in [1.29, 1.82) is 0 Å². The molecule has 3 aromatic heterocycles. The predicted molar refractivity (Wildman–Crippen MR) is 192 cm³/mol. The molecule has 4 aromatic rings. The first-order valence-electron chi connectivity index (χ1n) is 19.2. The molecule has 1 aliphatic heterocycles. The number of imidazole rings is 2. The maximum Gasteiger partial charge on any atom is 0.244 e. The first-order valence-corrected chi connectivity index (χ1v) is 19.2. The smallest absolute Gasteiger partial charge is 0.244 e. The Morgan fingerprint density at radius 1 is 0.479 bits per heavy atom. The molecule has 0 atom stereocenters. The van der Waals surface area contributed by atoms with Crippen LogP contribution in [0.3, 0.4) is 0 Å². The maximum atomic E-state index is 6.03. The summed E-state index contributed by atoms with van der Waals surface area (Å²) in [4.78, 5) is 4.98. The fourth-order valence-electron chi connectivity index (χ4n) is 6.71. The molecule has 0 aliphatic carbocycles. The molecule has 1 aliphatic rings. The van der Waals surface area contributed by atoms with Gasteiger partial charge in [-0.1, -0.05) is 89.2 Å². The summed E-state index contributed by atoms with van der Waals surface area (Å²) in [5.74, 6) is 1.86. The van der Waals surface area contributed by atoms with E-state index in [-0.39, 0.29) is 0 Å². The Bertz CT molecular complexity index is 1330. The van der Waals surface area contributed by atoms with Gasteiger partial charge in [-0.15, -0.1) is 0 Å². The second-order valence-electron chi connectivity index (χ2n) is 13.8. The summed E-state index contributed by atoms with van der Waals surface area (Å²) in [6, 6.07) is 14.6. The standard InChI is InChI=1S/C41H61N5O2/c1-3-7-11-15-25-43-27-29-45(36-43)34-38-21-19-22-39(42-38)35-46-30-28-44(37-46)26-16-12-8-4-2-6-10-14-18-32-48-41-24-20-23-40(33-41)47-31-17-13-9-5-1/h19-24,27-30,33,36-37H,1-18,25-26,31-32,34-35H2/q+2. The molecule has 7 heteroatoms. The summed E-state index contributed by atoms with van der Waals surface area (Å²) in [5.41, 5.74) is 2.22. The lowest BCUT2D eigenvalue weighted by Gasteiger charge is -2.10. The summed E-state index contributed by atoms with van der Waals surface area (Å²) in [6.07, 6.45) is 36.4. The molecule has 0 N–H and O–H groups in total. The predicted octanol–water partition coefficient (Wildman–Crippen LogP) is 8.85. The Labute approximate surface area is 289 Å². The zero-order valence-electron chi connectivity index (χ0n) is 29.5. The number of benzene rings is 1. The van der Waals surface area contributed by atoms with Crippen molar-refractivity contribution in [3.8, 4) is 11.5 Å². The van der Waals surface area contributed by atoms with Gasteiger partial charge in [0.25, 0.3) is 0 Å². The van der Waals surface area contributed by atoms with E-state index in [9.17, 15) is 0 Å². The van der Waals surface area contributed by atoms with Gasteiger partial charge in [0.1, 0.15) is 49.4 Å². The number of pyridine rings is 1. The highest BCUT2D eigenvalue weighted by Gasteiger charge is 2.10. The minimum absolute atomic E-state index is 0.791. The molecule has 0 saturated carbocycles. The Hall–Kier alpha value is -3.61. The van der Waals surface area contributed by atoms with Crippen LogP contribution < -0.4 is 18.6 Å². The van der Waals surface area contributed by atoms with Crippen molar-refractivity contribution in [1.82, 2.24) is 14.1 Å². The van der Waals surface area contributed by atoms with Gasteiger partial charge >= 0.3 is 0 Å². The van der Waals surface area contributed by atoms with Crippen LogP contribution in [0.2, 0.25) is 0 Å². The highest BCUT2D eigenvalue weighted by Crippen LogP contribution is 2.21. The molecule has 7 nitrogen and oxygen atoms in total. The first-order chi connectivity index (χ1) is 23.8. The molecule has 8 bridgehead atoms. The topological polar surface area (TPSA) is 49.0 Å². The summed E-state index contributed by atoms with van der Waals surface area (Å²) in [6.45, 7) is 5.37. The first kappa shape index (κ1) is 35.7. The number of nitrogens with zero attached hydrogens (tertiary/aromatic N) is 5. The lowest BCUT2D eigenvalue weighted by Crippen LogP contribution is -2.34. The van der Waals surface area contributed by atoms with Crippen LogP contribution in [0, 0.1) is 0 Å². The van der Waals surface area contributed by atoms with E-state index in [1.165, 1.54) is 103 Å². The van der Waals surface area contributed by atoms with Crippen LogP contribution in [0.5, 0.6) is 11.5 Å². The minimum atomic E-state index is 0.791. The molecule has 1 aromatic carbocycles. The maximum absolute atomic E-state index is 6.03. The molecule has 260 valence electrons. The number of fused-ring (bicyclic) bond motifs is 8. The van der Waals surface area contributed by atoms with Gasteiger partial charge in [0.2, 0.25) is 12.7 Å². The van der Waals surface area contributed by atoms with E-state index < -0.39 is 0 Å². The van der Waals surface area contributed by atoms with E-state index in [0.717, 1.165) is 75.1 Å². The SMILES string of the molecule is c1cc2cc(c1)OCCCCCCCCCCCn1cc[n+](c1)Cc1cccc(n1)C[n+]1ccn(c1)CCCCCCCCCCCO2. The molecule has 0 amide bonds. The zero-order chi connectivity index (χ0) is 32.9. The van der Waals surface area contributed by atoms with Crippen LogP contribution in [0.4, 0.5) is 0 Å². The van der Waals surface area contributed by atoms with Crippen molar-refractivity contribution < 1.29 is 18.6 Å². The van der Waals surface area contributed by atoms with Gasteiger partial charge in [-0.3, -0.25) is 0 Å². The van der Waals surface area contributed by atoms with E-state index in [2.05, 4.69) is 80.0 Å². The Kier molecular flexibility index (Phi) is 15.9. The quantitative estimate of drug-likeness (QED) is 0.178. The second kappa shape index (κ2) is 21.4. The second-order valence-corrected chi connectivity index (χ2v) is 13.8. The lowest BCUT2D eigenvalue weighted by atomic mass is 10.1. The van der Waals surface area contributed by atoms with Crippen LogP contribution >= 0.6 is 0 Å². The van der Waals surface area contributed by atoms with Gasteiger partial charge in [0.15, 0.2) is 0 Å². The van der Waals surface area contributed by atoms with E-state index in [1.54, 1.807) is 0 Å². The molecule has 0 radical (unpaired) electrons. The molecular formula is C41H61N5O2+2. The fraction of sp³-hybridized carbons (Fsp3) is 0.585. The van der Waals surface area contributed by atoms with Crippen LogP contribution in [0.1, 0.15) is 127 Å². The molecule has 0 saturated heterocycles. The van der Waals surface area contributed by atoms with Crippen molar-refractivity contribution in [2.45, 2.75) is 142 Å². The van der Waals surface area contributed by atoms with Crippen molar-refractivity contribution in [2.24, 2.45) is 0 Å². The Morgan fingerprint density at radius 2 is 0.875 bits per heavy atom. The molecule has 0 unspecified atom stereocenters. The molecule has 0 spiro atoms. The van der Waals surface area contributed by atoms with Gasteiger partial charge in [-0.2, -0.15) is 0 Å². The number of hydrogen-bond donors (Lipinski definition) is 0. The third-order valence-electron chi connectivity index (χ3n) is 9.51. The number of ether oxygens (including phenoxy) is 2. The van der Waals surface area contributed by atoms with Crippen LogP contribution in [-0.2, 0) is 26.2 Å². The molecule has 5 rings (SSSR count). The monoisotopic (exact) mass is 655 g/mol. The van der Waals surface area contributed by atoms with Gasteiger partial charge in [-0.05, 0) is 62.8 Å². The number of aromatic nitrogens is 5. The Balaban J connectivity index is 1.05. The summed E-state index contributed by atoms with van der Waals surface area (Å²) < 4.78 is 21.2. The summed E-state index contributed by atoms with van der Waals surface area (Å²) in [7, 11) is 0. The normalized spacial score (nSPS) is 18.0. The molecule has 48 heavy (non-hydrogen) atoms. The lowest BCUT2D eigenvalue weighted by molar-refractivity contribution is -0.689. The van der Waals surface area contributed by atoms with Gasteiger partial charge < -0.3 is 9.47 Å². The van der Waals surface area contributed by atoms with E-state index in [0.29, 0.717) is 0 Å². The van der Waals surface area contributed by atoms with Crippen molar-refractivity contribution in [3.05, 3.63) is 91.3 Å². The highest BCUT2D eigenvalue weighted by atomic mass is 16.5. The van der Waals surface area contributed by atoms with Crippen molar-refractivity contribution in [3.63, 3.8) is 0 Å². The van der Waals surface area contributed by atoms with Crippen molar-refractivity contribution >= 4 is 0 Å². The highest BCUT2D eigenvalue weighted by molar-refractivity contribution is 5.32. The Morgan fingerprint density at radius 3 is 1.33 bits per heavy atom. The van der Waals surface area contributed by atoms with Crippen LogP contribution in [-0.4, -0.2) is 27.3 Å². The molecule has 4 heterocycles. The minimum Gasteiger partial charge on any atom is -0.493 e. The van der Waals surface area contributed by atoms with E-state index >= 15 is 0 Å². The number of rotatable bonds is 0. The van der Waals surface area contributed by atoms with E-state index in [1.807, 2.05) is 18.2 Å². The summed E-state index contributed by atoms with van der Waals surface area (Å²) in [5, 5.41) is 0. The van der Waals surface area contributed by atoms with Crippen LogP contribution in [0.25, 0.3) is 0 Å². The van der Waals surface area contributed by atoms with Crippen molar-refractivity contribution in [2.75, 3.05) is 13.2 Å². The van der Waals surface area contributed by atoms with Gasteiger partial charge in [0, 0.05) is 6.07 Å². The third kappa shape index (κ3) is 13.9. The number of aryl methyl sites for hydroxylation is 2. The average Bonchev–Trinajstić information content (AvgIpc) is 3.74. The third-order valence-corrected chi connectivity index (χ3v) is 9.51. The fourth-order valence-corrected chi connectivity index (χ4v) is 6.71. The van der Waals surface area contributed by atoms with Gasteiger partial charge in [0.05, 0.1) is 37.7 Å². The summed E-state index contributed by atoms with van der Waals surface area (Å²) >= 11 is 0. The zero-order valence-corrected chi connectivity index (χ0v) is 29.5. The van der Waals surface area contributed by atoms with Gasteiger partial charge in [-0.25, -0.2) is 23.3 Å². The largest absolute Gasteiger partial charge is 0.493 e.